The van der Waals surface area contributed by atoms with Gasteiger partial charge in [-0.15, -0.1) is 29.7 Å². The Bertz CT molecular complexity index is 2130. The molecule has 0 atom stereocenters. The molecule has 5 nitrogen and oxygen atoms in total. The monoisotopic (exact) mass is 755 g/mol. The first kappa shape index (κ1) is 29.6. The van der Waals surface area contributed by atoms with Crippen molar-refractivity contribution in [3.05, 3.63) is 139 Å². The molecule has 44 heavy (non-hydrogen) atoms. The number of nitrogens with zero attached hydrogens (tertiary/aromatic N) is 4. The van der Waals surface area contributed by atoms with Crippen LogP contribution in [0.15, 0.2) is 104 Å². The van der Waals surface area contributed by atoms with Crippen LogP contribution >= 0.6 is 0 Å². The molecule has 0 radical (unpaired) electrons. The standard InChI is InChI=1S/C38H32N4O.Pt/c1-26-10-8-15-34(27(26)2)41-21-20-40(25-41)29-11-9-12-30(23-29)43-31-16-17-33-32-13-6-7-14-35(32)42(36(33)24-31)37-22-28(18-19-39-37)38(3,4)5;/h6-22H,1-5H3;/q-2;. The first-order valence-electron chi connectivity index (χ1n) is 14.5. The summed E-state index contributed by atoms with van der Waals surface area (Å²) in [4.78, 5) is 4.78. The van der Waals surface area contributed by atoms with Gasteiger partial charge in [0.25, 0.3) is 6.33 Å². The Morgan fingerprint density at radius 3 is 2.45 bits per heavy atom. The summed E-state index contributed by atoms with van der Waals surface area (Å²) in [6.45, 7) is 10.9. The molecule has 0 aliphatic rings. The molecule has 0 aliphatic carbocycles. The van der Waals surface area contributed by atoms with Crippen LogP contribution in [0.2, 0.25) is 0 Å². The van der Waals surface area contributed by atoms with Gasteiger partial charge in [-0.1, -0.05) is 62.2 Å². The van der Waals surface area contributed by atoms with E-state index in [9.17, 15) is 0 Å². The topological polar surface area (TPSA) is 35.9 Å². The molecule has 0 amide bonds. The van der Waals surface area contributed by atoms with Crippen molar-refractivity contribution < 1.29 is 30.4 Å². The minimum atomic E-state index is 0. The molecular weight excluding hydrogens is 724 g/mol. The summed E-state index contributed by atoms with van der Waals surface area (Å²) in [7, 11) is 0. The normalized spacial score (nSPS) is 11.6. The van der Waals surface area contributed by atoms with Crippen LogP contribution in [0.3, 0.4) is 0 Å². The molecule has 0 bridgehead atoms. The number of para-hydroxylation sites is 1. The molecule has 0 unspecified atom stereocenters. The molecule has 3 aromatic heterocycles. The van der Waals surface area contributed by atoms with Crippen molar-refractivity contribution in [3.8, 4) is 28.7 Å². The summed E-state index contributed by atoms with van der Waals surface area (Å²) in [6.07, 6.45) is 9.29. The van der Waals surface area contributed by atoms with E-state index >= 15 is 0 Å². The molecule has 222 valence electrons. The maximum absolute atomic E-state index is 6.36. The van der Waals surface area contributed by atoms with Crippen molar-refractivity contribution in [2.75, 3.05) is 0 Å². The van der Waals surface area contributed by atoms with Crippen LogP contribution < -0.4 is 9.30 Å². The van der Waals surface area contributed by atoms with E-state index in [1.165, 1.54) is 16.7 Å². The fourth-order valence-electron chi connectivity index (χ4n) is 5.51. The molecular formula is C38H32N4OPt-2. The molecule has 4 aromatic carbocycles. The van der Waals surface area contributed by atoms with E-state index in [0.717, 1.165) is 39.0 Å². The van der Waals surface area contributed by atoms with Gasteiger partial charge in [0.2, 0.25) is 0 Å². The van der Waals surface area contributed by atoms with Gasteiger partial charge >= 0.3 is 0 Å². The first-order valence-corrected chi connectivity index (χ1v) is 14.5. The van der Waals surface area contributed by atoms with Gasteiger partial charge in [0.05, 0.1) is 5.69 Å². The zero-order chi connectivity index (χ0) is 29.7. The van der Waals surface area contributed by atoms with Crippen LogP contribution in [0.1, 0.15) is 37.5 Å². The molecule has 0 N–H and O–H groups in total. The summed E-state index contributed by atoms with van der Waals surface area (Å²) in [6, 6.07) is 35.8. The van der Waals surface area contributed by atoms with Crippen molar-refractivity contribution >= 4 is 21.8 Å². The molecule has 3 heterocycles. The van der Waals surface area contributed by atoms with Gasteiger partial charge in [-0.25, -0.2) is 4.98 Å². The van der Waals surface area contributed by atoms with E-state index in [1.807, 2.05) is 52.0 Å². The third-order valence-electron chi connectivity index (χ3n) is 8.05. The predicted octanol–water partition coefficient (Wildman–Crippen LogP) is 8.35. The number of imidazole rings is 1. The Kier molecular flexibility index (Phi) is 7.77. The van der Waals surface area contributed by atoms with Gasteiger partial charge in [0.1, 0.15) is 5.82 Å². The quantitative estimate of drug-likeness (QED) is 0.131. The molecule has 0 aliphatic heterocycles. The summed E-state index contributed by atoms with van der Waals surface area (Å²) >= 11 is 0. The Morgan fingerprint density at radius 1 is 0.818 bits per heavy atom. The van der Waals surface area contributed by atoms with Crippen LogP contribution in [0.4, 0.5) is 0 Å². The summed E-state index contributed by atoms with van der Waals surface area (Å²) in [5.74, 6) is 2.07. The number of pyridine rings is 1. The van der Waals surface area contributed by atoms with Crippen LogP contribution in [-0.4, -0.2) is 14.1 Å². The number of aryl methyl sites for hydroxylation is 1. The molecule has 0 fully saturated rings. The van der Waals surface area contributed by atoms with E-state index in [0.29, 0.717) is 11.5 Å². The third-order valence-corrected chi connectivity index (χ3v) is 8.05. The predicted molar refractivity (Wildman–Crippen MR) is 171 cm³/mol. The van der Waals surface area contributed by atoms with Gasteiger partial charge in [-0.2, -0.15) is 18.2 Å². The van der Waals surface area contributed by atoms with Gasteiger partial charge in [0, 0.05) is 56.7 Å². The maximum Gasteiger partial charge on any atom is 0.267 e. The van der Waals surface area contributed by atoms with Gasteiger partial charge < -0.3 is 13.9 Å². The second-order valence-electron chi connectivity index (χ2n) is 11.9. The van der Waals surface area contributed by atoms with Crippen molar-refractivity contribution in [2.45, 2.75) is 40.0 Å². The Labute approximate surface area is 272 Å². The Balaban J connectivity index is 0.00000343. The fraction of sp³-hybridized carbons (Fsp3) is 0.158. The van der Waals surface area contributed by atoms with Crippen molar-refractivity contribution in [2.24, 2.45) is 0 Å². The molecule has 0 saturated carbocycles. The maximum atomic E-state index is 6.36. The second-order valence-corrected chi connectivity index (χ2v) is 11.9. The van der Waals surface area contributed by atoms with Crippen molar-refractivity contribution in [3.63, 3.8) is 0 Å². The molecule has 0 saturated heterocycles. The van der Waals surface area contributed by atoms with Crippen LogP contribution in [0, 0.1) is 32.3 Å². The van der Waals surface area contributed by atoms with E-state index in [-0.39, 0.29) is 26.5 Å². The average molecular weight is 756 g/mol. The second kappa shape index (κ2) is 11.6. The Morgan fingerprint density at radius 2 is 1.61 bits per heavy atom. The van der Waals surface area contributed by atoms with Gasteiger partial charge in [0.15, 0.2) is 0 Å². The molecule has 7 rings (SSSR count). The molecule has 7 aromatic rings. The van der Waals surface area contributed by atoms with Crippen molar-refractivity contribution in [1.29, 1.82) is 0 Å². The number of rotatable bonds is 5. The minimum Gasteiger partial charge on any atom is -0.510 e. The number of fused-ring (bicyclic) bond motifs is 3. The van der Waals surface area contributed by atoms with E-state index < -0.39 is 0 Å². The summed E-state index contributed by atoms with van der Waals surface area (Å²) in [5.41, 5.74) is 7.64. The SMILES string of the molecule is Cc1cccc(-[n+]2[c-]n(-c3[c-]c(Oc4[c-]c5c(cc4)c4ccccc4n5-c4cc(C(C)(C)C)ccn4)ccc3)cc2)c1C.[Pt]. The van der Waals surface area contributed by atoms with Gasteiger partial charge in [-0.3, -0.25) is 4.57 Å². The average Bonchev–Trinajstić information content (AvgIpc) is 3.62. The largest absolute Gasteiger partial charge is 0.510 e. The zero-order valence-electron chi connectivity index (χ0n) is 25.3. The van der Waals surface area contributed by atoms with Crippen LogP contribution in [0.25, 0.3) is 39.0 Å². The van der Waals surface area contributed by atoms with E-state index in [1.54, 1.807) is 0 Å². The van der Waals surface area contributed by atoms with Gasteiger partial charge in [-0.05, 0) is 65.7 Å². The molecule has 6 heteroatoms. The smallest absolute Gasteiger partial charge is 0.267 e. The minimum absolute atomic E-state index is 0. The number of hydrogen-bond donors (Lipinski definition) is 0. The van der Waals surface area contributed by atoms with E-state index in [2.05, 4.69) is 118 Å². The Hall–Kier alpha value is -4.47. The number of aromatic nitrogens is 4. The number of benzene rings is 4. The number of hydrogen-bond acceptors (Lipinski definition) is 2. The van der Waals surface area contributed by atoms with Crippen LogP contribution in [0.5, 0.6) is 11.5 Å². The van der Waals surface area contributed by atoms with Crippen molar-refractivity contribution in [1.82, 2.24) is 14.1 Å². The summed E-state index contributed by atoms with van der Waals surface area (Å²) < 4.78 is 12.5. The third kappa shape index (κ3) is 5.37. The van der Waals surface area contributed by atoms with Crippen LogP contribution in [-0.2, 0) is 26.5 Å². The van der Waals surface area contributed by atoms with E-state index in [4.69, 9.17) is 9.72 Å². The summed E-state index contributed by atoms with van der Waals surface area (Å²) in [5, 5.41) is 2.25. The molecule has 0 spiro atoms. The fourth-order valence-corrected chi connectivity index (χ4v) is 5.51. The zero-order valence-corrected chi connectivity index (χ0v) is 27.6. The first-order chi connectivity index (χ1) is 20.8. The number of ether oxygens (including phenoxy) is 1.